The molecule has 122 valence electrons. The molecule has 1 amide bonds. The van der Waals surface area contributed by atoms with E-state index in [1.807, 2.05) is 17.0 Å². The van der Waals surface area contributed by atoms with Gasteiger partial charge >= 0.3 is 0 Å². The zero-order valence-corrected chi connectivity index (χ0v) is 14.0. The Morgan fingerprint density at radius 3 is 2.22 bits per heavy atom. The summed E-state index contributed by atoms with van der Waals surface area (Å²) in [6.07, 6.45) is 3.27. The van der Waals surface area contributed by atoms with Gasteiger partial charge in [0, 0.05) is 24.3 Å². The first-order valence-corrected chi connectivity index (χ1v) is 7.91. The molecule has 0 aromatic heterocycles. The van der Waals surface area contributed by atoms with Crippen molar-refractivity contribution in [2.24, 2.45) is 5.92 Å². The fourth-order valence-electron chi connectivity index (χ4n) is 3.10. The molecule has 0 radical (unpaired) electrons. The Hall–Kier alpha value is -2.00. The normalized spacial score (nSPS) is 15.0. The van der Waals surface area contributed by atoms with Gasteiger partial charge in [0.25, 0.3) is 5.91 Å². The number of carbonyl (C=O) groups is 1. The Balaban J connectivity index is 0.00000192. The molecule has 0 aliphatic carbocycles. The van der Waals surface area contributed by atoms with Gasteiger partial charge in [-0.25, -0.2) is 0 Å². The zero-order chi connectivity index (χ0) is 15.4. The molecule has 0 atom stereocenters. The van der Waals surface area contributed by atoms with Gasteiger partial charge in [0.15, 0.2) is 0 Å². The minimum Gasteiger partial charge on any atom is -0.399 e. The smallest absolute Gasteiger partial charge is 0.253 e. The third-order valence-electron chi connectivity index (χ3n) is 4.43. The first kappa shape index (κ1) is 17.4. The van der Waals surface area contributed by atoms with Crippen LogP contribution in [0.25, 0.3) is 0 Å². The van der Waals surface area contributed by atoms with Crippen molar-refractivity contribution in [2.75, 3.05) is 18.8 Å². The van der Waals surface area contributed by atoms with Crippen molar-refractivity contribution in [3.8, 4) is 0 Å². The molecule has 0 saturated carbocycles. The third-order valence-corrected chi connectivity index (χ3v) is 4.43. The minimum atomic E-state index is 0. The molecule has 1 fully saturated rings. The van der Waals surface area contributed by atoms with E-state index in [1.165, 1.54) is 5.56 Å². The summed E-state index contributed by atoms with van der Waals surface area (Å²) in [4.78, 5) is 14.4. The van der Waals surface area contributed by atoms with Gasteiger partial charge in [0.2, 0.25) is 0 Å². The Bertz CT molecular complexity index is 620. The second-order valence-corrected chi connectivity index (χ2v) is 6.05. The van der Waals surface area contributed by atoms with Crippen LogP contribution in [0.2, 0.25) is 0 Å². The largest absolute Gasteiger partial charge is 0.399 e. The number of benzene rings is 2. The highest BCUT2D eigenvalue weighted by atomic mass is 35.5. The van der Waals surface area contributed by atoms with Crippen LogP contribution in [0.4, 0.5) is 5.69 Å². The Kier molecular flexibility index (Phi) is 6.05. The maximum Gasteiger partial charge on any atom is 0.253 e. The lowest BCUT2D eigenvalue weighted by atomic mass is 9.90. The van der Waals surface area contributed by atoms with Crippen molar-refractivity contribution in [1.82, 2.24) is 4.90 Å². The van der Waals surface area contributed by atoms with Gasteiger partial charge < -0.3 is 10.6 Å². The zero-order valence-electron chi connectivity index (χ0n) is 13.2. The molecule has 1 saturated heterocycles. The number of hydrogen-bond acceptors (Lipinski definition) is 2. The van der Waals surface area contributed by atoms with Crippen molar-refractivity contribution < 1.29 is 4.79 Å². The Morgan fingerprint density at radius 1 is 1.00 bits per heavy atom. The van der Waals surface area contributed by atoms with Crippen molar-refractivity contribution in [3.05, 3.63) is 65.7 Å². The van der Waals surface area contributed by atoms with Crippen LogP contribution >= 0.6 is 12.4 Å². The second kappa shape index (κ2) is 8.02. The summed E-state index contributed by atoms with van der Waals surface area (Å²) < 4.78 is 0. The average Bonchev–Trinajstić information content (AvgIpc) is 2.57. The van der Waals surface area contributed by atoms with Crippen molar-refractivity contribution in [2.45, 2.75) is 19.3 Å². The summed E-state index contributed by atoms with van der Waals surface area (Å²) >= 11 is 0. The number of rotatable bonds is 3. The van der Waals surface area contributed by atoms with E-state index in [0.717, 1.165) is 37.9 Å². The SMILES string of the molecule is Cl.Nc1ccc(C(=O)N2CCC(Cc3ccccc3)CC2)cc1. The van der Waals surface area contributed by atoms with Gasteiger partial charge in [-0.2, -0.15) is 0 Å². The number of piperidine rings is 1. The van der Waals surface area contributed by atoms with Gasteiger partial charge in [-0.05, 0) is 55.0 Å². The number of nitrogens with two attached hydrogens (primary N) is 1. The van der Waals surface area contributed by atoms with Crippen LogP contribution in [0.5, 0.6) is 0 Å². The molecule has 0 bridgehead atoms. The molecular weight excluding hydrogens is 308 g/mol. The standard InChI is InChI=1S/C19H22N2O.ClH/c20-18-8-6-17(7-9-18)19(22)21-12-10-16(11-13-21)14-15-4-2-1-3-5-15;/h1-9,16H,10-14,20H2;1H. The molecule has 23 heavy (non-hydrogen) atoms. The van der Waals surface area contributed by atoms with Crippen LogP contribution in [-0.2, 0) is 6.42 Å². The van der Waals surface area contributed by atoms with E-state index in [2.05, 4.69) is 30.3 Å². The number of nitrogen functional groups attached to an aromatic ring is 1. The van der Waals surface area contributed by atoms with Crippen molar-refractivity contribution >= 4 is 24.0 Å². The molecule has 2 aromatic carbocycles. The predicted molar refractivity (Wildman–Crippen MR) is 96.9 cm³/mol. The van der Waals surface area contributed by atoms with Crippen molar-refractivity contribution in [1.29, 1.82) is 0 Å². The highest BCUT2D eigenvalue weighted by Gasteiger charge is 2.23. The average molecular weight is 331 g/mol. The molecule has 1 heterocycles. The lowest BCUT2D eigenvalue weighted by Crippen LogP contribution is -2.38. The second-order valence-electron chi connectivity index (χ2n) is 6.05. The fourth-order valence-corrected chi connectivity index (χ4v) is 3.10. The van der Waals surface area contributed by atoms with Crippen LogP contribution in [-0.4, -0.2) is 23.9 Å². The highest BCUT2D eigenvalue weighted by molar-refractivity contribution is 5.94. The molecule has 2 aromatic rings. The fraction of sp³-hybridized carbons (Fsp3) is 0.316. The third kappa shape index (κ3) is 4.49. The molecule has 1 aliphatic rings. The summed E-state index contributed by atoms with van der Waals surface area (Å²) in [7, 11) is 0. The molecule has 0 spiro atoms. The summed E-state index contributed by atoms with van der Waals surface area (Å²) in [5.74, 6) is 0.802. The molecule has 3 rings (SSSR count). The van der Waals surface area contributed by atoms with Gasteiger partial charge in [-0.3, -0.25) is 4.79 Å². The Labute approximate surface area is 143 Å². The Morgan fingerprint density at radius 2 is 1.61 bits per heavy atom. The van der Waals surface area contributed by atoms with E-state index >= 15 is 0 Å². The number of hydrogen-bond donors (Lipinski definition) is 1. The number of halogens is 1. The van der Waals surface area contributed by atoms with Gasteiger partial charge in [0.05, 0.1) is 0 Å². The lowest BCUT2D eigenvalue weighted by molar-refractivity contribution is 0.0690. The van der Waals surface area contributed by atoms with E-state index in [4.69, 9.17) is 5.73 Å². The van der Waals surface area contributed by atoms with Gasteiger partial charge in [-0.1, -0.05) is 30.3 Å². The minimum absolute atomic E-state index is 0. The van der Waals surface area contributed by atoms with E-state index in [9.17, 15) is 4.79 Å². The van der Waals surface area contributed by atoms with Crippen molar-refractivity contribution in [3.63, 3.8) is 0 Å². The molecule has 4 heteroatoms. The summed E-state index contributed by atoms with van der Waals surface area (Å²) in [5.41, 5.74) is 8.49. The topological polar surface area (TPSA) is 46.3 Å². The van der Waals surface area contributed by atoms with E-state index in [1.54, 1.807) is 12.1 Å². The van der Waals surface area contributed by atoms with Crippen LogP contribution in [0.3, 0.4) is 0 Å². The molecule has 2 N–H and O–H groups in total. The van der Waals surface area contributed by atoms with Crippen LogP contribution < -0.4 is 5.73 Å². The summed E-state index contributed by atoms with van der Waals surface area (Å²) in [6.45, 7) is 1.70. The summed E-state index contributed by atoms with van der Waals surface area (Å²) in [6, 6.07) is 17.8. The lowest BCUT2D eigenvalue weighted by Gasteiger charge is -2.32. The summed E-state index contributed by atoms with van der Waals surface area (Å²) in [5, 5.41) is 0. The number of nitrogens with zero attached hydrogens (tertiary/aromatic N) is 1. The molecule has 0 unspecified atom stereocenters. The first-order valence-electron chi connectivity index (χ1n) is 7.91. The molecule has 3 nitrogen and oxygen atoms in total. The molecule has 1 aliphatic heterocycles. The van der Waals surface area contributed by atoms with Crippen LogP contribution in [0.1, 0.15) is 28.8 Å². The van der Waals surface area contributed by atoms with E-state index < -0.39 is 0 Å². The number of anilines is 1. The first-order chi connectivity index (χ1) is 10.7. The quantitative estimate of drug-likeness (QED) is 0.870. The monoisotopic (exact) mass is 330 g/mol. The predicted octanol–water partition coefficient (Wildman–Crippen LogP) is 3.79. The number of amides is 1. The number of carbonyl (C=O) groups excluding carboxylic acids is 1. The number of likely N-dealkylation sites (tertiary alicyclic amines) is 1. The highest BCUT2D eigenvalue weighted by Crippen LogP contribution is 2.23. The molecular formula is C19H23ClN2O. The maximum atomic E-state index is 12.5. The van der Waals surface area contributed by atoms with Crippen LogP contribution in [0.15, 0.2) is 54.6 Å². The van der Waals surface area contributed by atoms with E-state index in [0.29, 0.717) is 11.6 Å². The van der Waals surface area contributed by atoms with E-state index in [-0.39, 0.29) is 18.3 Å². The maximum absolute atomic E-state index is 12.5. The van der Waals surface area contributed by atoms with Crippen LogP contribution in [0, 0.1) is 5.92 Å². The van der Waals surface area contributed by atoms with Gasteiger partial charge in [-0.15, -0.1) is 12.4 Å². The van der Waals surface area contributed by atoms with Gasteiger partial charge in [0.1, 0.15) is 0 Å².